The van der Waals surface area contributed by atoms with Gasteiger partial charge in [0.2, 0.25) is 11.8 Å². The number of hydrogen-bond donors (Lipinski definition) is 0. The fraction of sp³-hybridized carbons (Fsp3) is 0.800. The van der Waals surface area contributed by atoms with Gasteiger partial charge in [-0.2, -0.15) is 0 Å². The first-order valence-electron chi connectivity index (χ1n) is 7.97. The third kappa shape index (κ3) is 3.97. The lowest BCUT2D eigenvalue weighted by atomic mass is 10.1. The van der Waals surface area contributed by atoms with Crippen molar-refractivity contribution < 1.29 is 19.1 Å². The highest BCUT2D eigenvalue weighted by Crippen LogP contribution is 2.16. The summed E-state index contributed by atoms with van der Waals surface area (Å²) < 4.78 is 4.96. The van der Waals surface area contributed by atoms with Crippen LogP contribution in [0.4, 0.5) is 0 Å². The van der Waals surface area contributed by atoms with Gasteiger partial charge in [0.05, 0.1) is 13.2 Å². The van der Waals surface area contributed by atoms with Crippen molar-refractivity contribution in [1.29, 1.82) is 0 Å². The molecule has 0 aliphatic carbocycles. The van der Waals surface area contributed by atoms with Crippen LogP contribution >= 0.6 is 0 Å². The highest BCUT2D eigenvalue weighted by atomic mass is 16.5. The predicted molar refractivity (Wildman–Crippen MR) is 80.1 cm³/mol. The normalized spacial score (nSPS) is 22.7. The van der Waals surface area contributed by atoms with Gasteiger partial charge in [-0.1, -0.05) is 0 Å². The molecule has 0 aromatic heterocycles. The average Bonchev–Trinajstić information content (AvgIpc) is 3.00. The molecule has 0 spiro atoms. The first kappa shape index (κ1) is 16.7. The van der Waals surface area contributed by atoms with Crippen LogP contribution < -0.4 is 0 Å². The summed E-state index contributed by atoms with van der Waals surface area (Å²) in [6, 6.07) is -0.487. The predicted octanol–water partition coefficient (Wildman–Crippen LogP) is -0.295. The minimum absolute atomic E-state index is 0.00117. The van der Waals surface area contributed by atoms with E-state index in [4.69, 9.17) is 4.74 Å². The van der Waals surface area contributed by atoms with E-state index in [1.54, 1.807) is 11.8 Å². The van der Waals surface area contributed by atoms with Crippen LogP contribution in [0.15, 0.2) is 0 Å². The van der Waals surface area contributed by atoms with Crippen LogP contribution in [-0.2, 0) is 19.1 Å². The maximum atomic E-state index is 12.7. The van der Waals surface area contributed by atoms with Crippen molar-refractivity contribution in [3.63, 3.8) is 0 Å². The second-order valence-electron chi connectivity index (χ2n) is 5.80. The van der Waals surface area contributed by atoms with E-state index < -0.39 is 6.04 Å². The maximum Gasteiger partial charge on any atom is 0.320 e. The van der Waals surface area contributed by atoms with Crippen LogP contribution in [0.5, 0.6) is 0 Å². The van der Waals surface area contributed by atoms with E-state index in [0.717, 1.165) is 25.9 Å². The van der Waals surface area contributed by atoms with Crippen LogP contribution in [-0.4, -0.2) is 84.4 Å². The van der Waals surface area contributed by atoms with Crippen molar-refractivity contribution in [3.05, 3.63) is 0 Å². The van der Waals surface area contributed by atoms with Crippen molar-refractivity contribution in [2.45, 2.75) is 32.7 Å². The Morgan fingerprint density at radius 1 is 1.09 bits per heavy atom. The van der Waals surface area contributed by atoms with Gasteiger partial charge in [0, 0.05) is 39.6 Å². The van der Waals surface area contributed by atoms with Crippen molar-refractivity contribution in [3.8, 4) is 0 Å². The molecule has 0 aromatic rings. The Balaban J connectivity index is 2.02. The zero-order valence-corrected chi connectivity index (χ0v) is 13.4. The average molecular weight is 311 g/mol. The van der Waals surface area contributed by atoms with Gasteiger partial charge in [-0.3, -0.25) is 19.3 Å². The number of carbonyl (C=O) groups excluding carboxylic acids is 3. The molecule has 0 radical (unpaired) electrons. The second kappa shape index (κ2) is 7.58. The molecule has 0 aromatic carbocycles. The third-order valence-corrected chi connectivity index (χ3v) is 4.23. The van der Waals surface area contributed by atoms with Crippen LogP contribution in [0.3, 0.4) is 0 Å². The van der Waals surface area contributed by atoms with Gasteiger partial charge in [0.15, 0.2) is 0 Å². The Morgan fingerprint density at radius 2 is 1.77 bits per heavy atom. The zero-order chi connectivity index (χ0) is 16.1. The molecule has 7 nitrogen and oxygen atoms in total. The highest BCUT2D eigenvalue weighted by molar-refractivity contribution is 5.87. The summed E-state index contributed by atoms with van der Waals surface area (Å²) in [5.41, 5.74) is 0. The van der Waals surface area contributed by atoms with Gasteiger partial charge in [0.25, 0.3) is 0 Å². The number of nitrogens with zero attached hydrogens (tertiary/aromatic N) is 3. The van der Waals surface area contributed by atoms with Gasteiger partial charge in [-0.05, 0) is 19.8 Å². The number of hydrogen-bond acceptors (Lipinski definition) is 5. The van der Waals surface area contributed by atoms with E-state index in [9.17, 15) is 14.4 Å². The molecule has 2 aliphatic heterocycles. The summed E-state index contributed by atoms with van der Waals surface area (Å²) in [6.45, 7) is 6.76. The molecule has 2 rings (SSSR count). The van der Waals surface area contributed by atoms with Gasteiger partial charge in [0.1, 0.15) is 6.04 Å². The van der Waals surface area contributed by atoms with E-state index in [2.05, 4.69) is 0 Å². The van der Waals surface area contributed by atoms with Crippen LogP contribution in [0.25, 0.3) is 0 Å². The lowest BCUT2D eigenvalue weighted by molar-refractivity contribution is -0.151. The third-order valence-electron chi connectivity index (χ3n) is 4.23. The van der Waals surface area contributed by atoms with Gasteiger partial charge >= 0.3 is 5.97 Å². The SMILES string of the molecule is CCOC(=O)CN1CCN(C(C)=O)C(C(=O)N2CCCC2)C1. The number of carbonyl (C=O) groups is 3. The number of rotatable bonds is 4. The molecular weight excluding hydrogens is 286 g/mol. The molecule has 2 fully saturated rings. The molecule has 22 heavy (non-hydrogen) atoms. The summed E-state index contributed by atoms with van der Waals surface area (Å²) >= 11 is 0. The molecule has 1 unspecified atom stereocenters. The fourth-order valence-corrected chi connectivity index (χ4v) is 3.11. The highest BCUT2D eigenvalue weighted by Gasteiger charge is 2.37. The first-order chi connectivity index (χ1) is 10.5. The standard InChI is InChI=1S/C15H25N3O4/c1-3-22-14(20)11-16-8-9-18(12(2)19)13(10-16)15(21)17-6-4-5-7-17/h13H,3-11H2,1-2H3. The molecule has 0 saturated carbocycles. The van der Waals surface area contributed by atoms with Crippen molar-refractivity contribution in [2.75, 3.05) is 45.9 Å². The first-order valence-corrected chi connectivity index (χ1v) is 7.97. The molecule has 2 heterocycles. The Labute approximate surface area is 131 Å². The monoisotopic (exact) mass is 311 g/mol. The van der Waals surface area contributed by atoms with Gasteiger partial charge < -0.3 is 14.5 Å². The lowest BCUT2D eigenvalue weighted by Gasteiger charge is -2.41. The number of likely N-dealkylation sites (tertiary alicyclic amines) is 1. The maximum absolute atomic E-state index is 12.7. The molecule has 0 N–H and O–H groups in total. The minimum atomic E-state index is -0.487. The lowest BCUT2D eigenvalue weighted by Crippen LogP contribution is -2.61. The molecule has 7 heteroatoms. The van der Waals surface area contributed by atoms with E-state index in [0.29, 0.717) is 26.2 Å². The summed E-state index contributed by atoms with van der Waals surface area (Å²) in [5, 5.41) is 0. The minimum Gasteiger partial charge on any atom is -0.465 e. The number of piperazine rings is 1. The van der Waals surface area contributed by atoms with E-state index >= 15 is 0 Å². The van der Waals surface area contributed by atoms with Crippen LogP contribution in [0.1, 0.15) is 26.7 Å². The Kier molecular flexibility index (Phi) is 5.76. The fourth-order valence-electron chi connectivity index (χ4n) is 3.11. The van der Waals surface area contributed by atoms with Gasteiger partial charge in [-0.15, -0.1) is 0 Å². The molecule has 0 bridgehead atoms. The number of esters is 1. The molecule has 2 amide bonds. The smallest absolute Gasteiger partial charge is 0.320 e. The summed E-state index contributed by atoms with van der Waals surface area (Å²) in [5.74, 6) is -0.374. The Bertz CT molecular complexity index is 435. The van der Waals surface area contributed by atoms with E-state index in [1.165, 1.54) is 6.92 Å². The van der Waals surface area contributed by atoms with E-state index in [-0.39, 0.29) is 24.3 Å². The molecular formula is C15H25N3O4. The quantitative estimate of drug-likeness (QED) is 0.667. The molecule has 2 aliphatic rings. The number of amides is 2. The summed E-state index contributed by atoms with van der Waals surface area (Å²) in [4.78, 5) is 41.4. The van der Waals surface area contributed by atoms with Crippen LogP contribution in [0, 0.1) is 0 Å². The molecule has 1 atom stereocenters. The summed E-state index contributed by atoms with van der Waals surface area (Å²) in [7, 11) is 0. The van der Waals surface area contributed by atoms with Crippen molar-refractivity contribution >= 4 is 17.8 Å². The van der Waals surface area contributed by atoms with Crippen molar-refractivity contribution in [2.24, 2.45) is 0 Å². The van der Waals surface area contributed by atoms with E-state index in [1.807, 2.05) is 9.80 Å². The molecule has 124 valence electrons. The summed E-state index contributed by atoms with van der Waals surface area (Å²) in [6.07, 6.45) is 2.04. The topological polar surface area (TPSA) is 70.2 Å². The van der Waals surface area contributed by atoms with Gasteiger partial charge in [-0.25, -0.2) is 0 Å². The largest absolute Gasteiger partial charge is 0.465 e. The van der Waals surface area contributed by atoms with Crippen molar-refractivity contribution in [1.82, 2.24) is 14.7 Å². The van der Waals surface area contributed by atoms with Crippen LogP contribution in [0.2, 0.25) is 0 Å². The Morgan fingerprint density at radius 3 is 2.36 bits per heavy atom. The molecule has 2 saturated heterocycles. The Hall–Kier alpha value is -1.63. The zero-order valence-electron chi connectivity index (χ0n) is 13.4. The second-order valence-corrected chi connectivity index (χ2v) is 5.80. The number of ether oxygens (including phenoxy) is 1.